The van der Waals surface area contributed by atoms with E-state index < -0.39 is 0 Å². The number of rotatable bonds is 8. The summed E-state index contributed by atoms with van der Waals surface area (Å²) in [6.07, 6.45) is 0. The van der Waals surface area contributed by atoms with E-state index in [-0.39, 0.29) is 6.03 Å². The highest BCUT2D eigenvalue weighted by molar-refractivity contribution is 5.91. The van der Waals surface area contributed by atoms with E-state index in [1.807, 2.05) is 32.0 Å². The molecule has 10 nitrogen and oxygen atoms in total. The Kier molecular flexibility index (Phi) is 6.68. The average Bonchev–Trinajstić information content (AvgIpc) is 3.09. The summed E-state index contributed by atoms with van der Waals surface area (Å²) in [6, 6.07) is 10.5. The van der Waals surface area contributed by atoms with Gasteiger partial charge in [0.1, 0.15) is 17.3 Å². The molecule has 3 aromatic rings. The number of nitrogens with one attached hydrogen (secondary N) is 3. The third-order valence-electron chi connectivity index (χ3n) is 4.25. The Bertz CT molecular complexity index is 1000. The number of urea groups is 1. The molecule has 0 bridgehead atoms. The Morgan fingerprint density at radius 2 is 1.87 bits per heavy atom. The van der Waals surface area contributed by atoms with Crippen molar-refractivity contribution in [2.24, 2.45) is 0 Å². The van der Waals surface area contributed by atoms with E-state index in [0.29, 0.717) is 41.9 Å². The van der Waals surface area contributed by atoms with Gasteiger partial charge in [0.05, 0.1) is 25.6 Å². The van der Waals surface area contributed by atoms with Gasteiger partial charge >= 0.3 is 6.03 Å². The number of ether oxygens (including phenoxy) is 2. The molecule has 0 atom stereocenters. The zero-order valence-corrected chi connectivity index (χ0v) is 17.4. The summed E-state index contributed by atoms with van der Waals surface area (Å²) in [4.78, 5) is 12.1. The monoisotopic (exact) mass is 411 g/mol. The highest BCUT2D eigenvalue weighted by Gasteiger charge is 2.09. The number of anilines is 2. The van der Waals surface area contributed by atoms with E-state index in [2.05, 4.69) is 31.2 Å². The zero-order chi connectivity index (χ0) is 21.5. The summed E-state index contributed by atoms with van der Waals surface area (Å²) in [6.45, 7) is 4.77. The van der Waals surface area contributed by atoms with Crippen molar-refractivity contribution >= 4 is 17.5 Å². The SMILES string of the molecule is COc1ccc(OC)c(NC(=O)NCCNc2ccc(-n3nc(C)cc3C)nn2)c1. The van der Waals surface area contributed by atoms with Crippen LogP contribution in [0.1, 0.15) is 11.4 Å². The largest absolute Gasteiger partial charge is 0.497 e. The molecule has 0 saturated heterocycles. The second-order valence-corrected chi connectivity index (χ2v) is 6.49. The van der Waals surface area contributed by atoms with Gasteiger partial charge in [-0.05, 0) is 44.2 Å². The molecule has 0 aliphatic rings. The molecule has 0 unspecified atom stereocenters. The molecule has 3 N–H and O–H groups in total. The molecule has 0 radical (unpaired) electrons. The molecule has 2 amide bonds. The van der Waals surface area contributed by atoms with Gasteiger partial charge in [0, 0.05) is 24.8 Å². The first-order valence-electron chi connectivity index (χ1n) is 9.38. The van der Waals surface area contributed by atoms with E-state index >= 15 is 0 Å². The van der Waals surface area contributed by atoms with Crippen LogP contribution in [0.15, 0.2) is 36.4 Å². The number of hydrogen-bond donors (Lipinski definition) is 3. The van der Waals surface area contributed by atoms with Crippen molar-refractivity contribution in [3.8, 4) is 17.3 Å². The number of aromatic nitrogens is 4. The van der Waals surface area contributed by atoms with Gasteiger partial charge in [0.25, 0.3) is 0 Å². The van der Waals surface area contributed by atoms with Crippen molar-refractivity contribution in [1.82, 2.24) is 25.3 Å². The van der Waals surface area contributed by atoms with Crippen LogP contribution in [0, 0.1) is 13.8 Å². The molecule has 0 fully saturated rings. The van der Waals surface area contributed by atoms with Crippen molar-refractivity contribution in [2.45, 2.75) is 13.8 Å². The maximum atomic E-state index is 12.1. The number of carbonyl (C=O) groups excluding carboxylic acids is 1. The number of amides is 2. The van der Waals surface area contributed by atoms with Crippen LogP contribution in [-0.4, -0.2) is 53.3 Å². The van der Waals surface area contributed by atoms with Crippen LogP contribution in [0.25, 0.3) is 5.82 Å². The highest BCUT2D eigenvalue weighted by atomic mass is 16.5. The normalized spacial score (nSPS) is 10.4. The summed E-state index contributed by atoms with van der Waals surface area (Å²) in [5.41, 5.74) is 2.44. The Balaban J connectivity index is 1.47. The fourth-order valence-electron chi connectivity index (χ4n) is 2.84. The summed E-state index contributed by atoms with van der Waals surface area (Å²) in [5, 5.41) is 21.4. The standard InChI is InChI=1S/C20H25N7O3/c1-13-11-14(2)27(26-13)19-8-7-18(24-25-19)21-9-10-22-20(28)23-16-12-15(29-3)5-6-17(16)30-4/h5-8,11-12H,9-10H2,1-4H3,(H,21,24)(H2,22,23,28). The van der Waals surface area contributed by atoms with Gasteiger partial charge in [-0.15, -0.1) is 10.2 Å². The van der Waals surface area contributed by atoms with Crippen molar-refractivity contribution in [3.05, 3.63) is 47.8 Å². The molecule has 158 valence electrons. The maximum Gasteiger partial charge on any atom is 0.319 e. The third kappa shape index (κ3) is 5.16. The summed E-state index contributed by atoms with van der Waals surface area (Å²) < 4.78 is 12.2. The van der Waals surface area contributed by atoms with Crippen LogP contribution in [0.4, 0.5) is 16.3 Å². The first kappa shape index (κ1) is 20.9. The molecule has 0 saturated carbocycles. The lowest BCUT2D eigenvalue weighted by Crippen LogP contribution is -2.32. The summed E-state index contributed by atoms with van der Waals surface area (Å²) in [7, 11) is 3.10. The quantitative estimate of drug-likeness (QED) is 0.488. The minimum atomic E-state index is -0.352. The van der Waals surface area contributed by atoms with Crippen LogP contribution in [0.2, 0.25) is 0 Å². The van der Waals surface area contributed by atoms with Gasteiger partial charge in [-0.25, -0.2) is 9.48 Å². The lowest BCUT2D eigenvalue weighted by molar-refractivity contribution is 0.252. The van der Waals surface area contributed by atoms with Crippen LogP contribution >= 0.6 is 0 Å². The molecular formula is C20H25N7O3. The first-order chi connectivity index (χ1) is 14.5. The van der Waals surface area contributed by atoms with E-state index in [4.69, 9.17) is 9.47 Å². The van der Waals surface area contributed by atoms with E-state index in [1.54, 1.807) is 30.0 Å². The minimum absolute atomic E-state index is 0.352. The van der Waals surface area contributed by atoms with Crippen molar-refractivity contribution in [1.29, 1.82) is 0 Å². The molecule has 10 heteroatoms. The van der Waals surface area contributed by atoms with Crippen LogP contribution in [0.3, 0.4) is 0 Å². The van der Waals surface area contributed by atoms with Gasteiger partial charge in [-0.3, -0.25) is 0 Å². The number of methoxy groups -OCH3 is 2. The minimum Gasteiger partial charge on any atom is -0.497 e. The fourth-order valence-corrected chi connectivity index (χ4v) is 2.84. The maximum absolute atomic E-state index is 12.1. The number of carbonyl (C=O) groups is 1. The smallest absolute Gasteiger partial charge is 0.319 e. The highest BCUT2D eigenvalue weighted by Crippen LogP contribution is 2.28. The molecule has 2 heterocycles. The Labute approximate surface area is 174 Å². The number of benzene rings is 1. The topological polar surface area (TPSA) is 115 Å². The van der Waals surface area contributed by atoms with Gasteiger partial charge in [0.2, 0.25) is 0 Å². The van der Waals surface area contributed by atoms with Gasteiger partial charge in [0.15, 0.2) is 5.82 Å². The molecule has 30 heavy (non-hydrogen) atoms. The Morgan fingerprint density at radius 1 is 1.03 bits per heavy atom. The van der Waals surface area contributed by atoms with Crippen LogP contribution < -0.4 is 25.4 Å². The average molecular weight is 411 g/mol. The van der Waals surface area contributed by atoms with Crippen molar-refractivity contribution in [2.75, 3.05) is 37.9 Å². The first-order valence-corrected chi connectivity index (χ1v) is 9.38. The van der Waals surface area contributed by atoms with Gasteiger partial charge in [-0.2, -0.15) is 5.10 Å². The molecular weight excluding hydrogens is 386 g/mol. The molecule has 0 aliphatic carbocycles. The van der Waals surface area contributed by atoms with Crippen molar-refractivity contribution in [3.63, 3.8) is 0 Å². The van der Waals surface area contributed by atoms with Gasteiger partial charge in [-0.1, -0.05) is 0 Å². The summed E-state index contributed by atoms with van der Waals surface area (Å²) in [5.74, 6) is 2.42. The molecule has 0 aliphatic heterocycles. The summed E-state index contributed by atoms with van der Waals surface area (Å²) >= 11 is 0. The van der Waals surface area contributed by atoms with Crippen LogP contribution in [0.5, 0.6) is 11.5 Å². The number of hydrogen-bond acceptors (Lipinski definition) is 7. The zero-order valence-electron chi connectivity index (χ0n) is 17.4. The van der Waals surface area contributed by atoms with Crippen LogP contribution in [-0.2, 0) is 0 Å². The van der Waals surface area contributed by atoms with E-state index in [0.717, 1.165) is 11.4 Å². The molecule has 1 aromatic carbocycles. The van der Waals surface area contributed by atoms with E-state index in [1.165, 1.54) is 7.11 Å². The van der Waals surface area contributed by atoms with Gasteiger partial charge < -0.3 is 25.4 Å². The Hall–Kier alpha value is -3.82. The molecule has 3 rings (SSSR count). The number of nitrogens with zero attached hydrogens (tertiary/aromatic N) is 4. The number of aryl methyl sites for hydroxylation is 2. The second-order valence-electron chi connectivity index (χ2n) is 6.49. The molecule has 2 aromatic heterocycles. The Morgan fingerprint density at radius 3 is 2.50 bits per heavy atom. The molecule has 0 spiro atoms. The third-order valence-corrected chi connectivity index (χ3v) is 4.25. The van der Waals surface area contributed by atoms with Crippen molar-refractivity contribution < 1.29 is 14.3 Å². The van der Waals surface area contributed by atoms with E-state index in [9.17, 15) is 4.79 Å². The predicted molar refractivity (Wildman–Crippen MR) is 114 cm³/mol. The lowest BCUT2D eigenvalue weighted by atomic mass is 10.2. The second kappa shape index (κ2) is 9.59. The lowest BCUT2D eigenvalue weighted by Gasteiger charge is -2.13. The predicted octanol–water partition coefficient (Wildman–Crippen LogP) is 2.53. The fraction of sp³-hybridized carbons (Fsp3) is 0.300.